The highest BCUT2D eigenvalue weighted by Crippen LogP contribution is 2.46. The zero-order valence-electron chi connectivity index (χ0n) is 13.4. The average molecular weight is 427 g/mol. The summed E-state index contributed by atoms with van der Waals surface area (Å²) < 4.78 is 84.0. The predicted molar refractivity (Wildman–Crippen MR) is 85.6 cm³/mol. The summed E-state index contributed by atoms with van der Waals surface area (Å²) in [5, 5.41) is 0. The van der Waals surface area contributed by atoms with Crippen LogP contribution in [0.3, 0.4) is 0 Å². The highest BCUT2D eigenvalue weighted by atomic mass is 79.9. The normalized spacial score (nSPS) is 12.4. The molecule has 0 saturated heterocycles. The molecule has 0 amide bonds. The van der Waals surface area contributed by atoms with Gasteiger partial charge in [-0.15, -0.1) is 0 Å². The third kappa shape index (κ3) is 3.78. The molecule has 0 N–H and O–H groups in total. The number of halogens is 7. The quantitative estimate of drug-likeness (QED) is 0.481. The van der Waals surface area contributed by atoms with Gasteiger partial charge in [-0.05, 0) is 42.7 Å². The Bertz CT molecular complexity index is 808. The number of alkyl halides is 6. The van der Waals surface area contributed by atoms with Crippen LogP contribution in [0, 0.1) is 13.8 Å². The Hall–Kier alpha value is -1.70. The van der Waals surface area contributed by atoms with E-state index < -0.39 is 23.5 Å². The molecule has 0 atom stereocenters. The molecule has 0 aromatic heterocycles. The van der Waals surface area contributed by atoms with Crippen molar-refractivity contribution in [2.75, 3.05) is 7.11 Å². The molecule has 0 spiro atoms. The summed E-state index contributed by atoms with van der Waals surface area (Å²) >= 11 is 2.88. The van der Waals surface area contributed by atoms with Crippen LogP contribution in [0.25, 0.3) is 11.1 Å². The summed E-state index contributed by atoms with van der Waals surface area (Å²) in [6, 6.07) is 3.78. The number of hydrogen-bond donors (Lipinski definition) is 0. The van der Waals surface area contributed by atoms with Crippen LogP contribution >= 0.6 is 15.9 Å². The van der Waals surface area contributed by atoms with E-state index in [-0.39, 0.29) is 21.7 Å². The molecule has 0 bridgehead atoms. The Labute approximate surface area is 148 Å². The van der Waals surface area contributed by atoms with E-state index in [0.29, 0.717) is 22.9 Å². The van der Waals surface area contributed by atoms with Crippen LogP contribution in [-0.4, -0.2) is 7.11 Å². The first-order chi connectivity index (χ1) is 11.4. The molecule has 0 aliphatic rings. The molecular formula is C17H13BrF6O. The Morgan fingerprint density at radius 2 is 1.52 bits per heavy atom. The zero-order chi connectivity index (χ0) is 19.2. The van der Waals surface area contributed by atoms with E-state index in [9.17, 15) is 26.3 Å². The molecule has 0 unspecified atom stereocenters. The number of benzene rings is 2. The highest BCUT2D eigenvalue weighted by Gasteiger charge is 2.40. The molecule has 0 radical (unpaired) electrons. The van der Waals surface area contributed by atoms with Crippen molar-refractivity contribution >= 4 is 15.9 Å². The SMILES string of the molecule is COc1c(C)ccc(-c2c(Br)cc(C(F)(F)F)cc2C(F)(F)F)c1C. The van der Waals surface area contributed by atoms with Crippen molar-refractivity contribution in [2.24, 2.45) is 0 Å². The second-order valence-electron chi connectivity index (χ2n) is 5.46. The summed E-state index contributed by atoms with van der Waals surface area (Å²) in [5.74, 6) is 0.387. The largest absolute Gasteiger partial charge is 0.496 e. The molecule has 0 fully saturated rings. The number of aryl methyl sites for hydroxylation is 1. The molecule has 1 nitrogen and oxygen atoms in total. The number of ether oxygens (including phenoxy) is 1. The summed E-state index contributed by atoms with van der Waals surface area (Å²) in [5.41, 5.74) is -1.81. The molecule has 0 saturated carbocycles. The van der Waals surface area contributed by atoms with Crippen LogP contribution in [0.4, 0.5) is 26.3 Å². The maximum Gasteiger partial charge on any atom is 0.417 e. The topological polar surface area (TPSA) is 9.23 Å². The van der Waals surface area contributed by atoms with E-state index in [1.54, 1.807) is 19.9 Å². The molecule has 0 aliphatic carbocycles. The van der Waals surface area contributed by atoms with Crippen molar-refractivity contribution in [3.05, 3.63) is 51.0 Å². The molecule has 25 heavy (non-hydrogen) atoms. The molecule has 0 aliphatic heterocycles. The third-order valence-corrected chi connectivity index (χ3v) is 4.42. The third-order valence-electron chi connectivity index (χ3n) is 3.80. The predicted octanol–water partition coefficient (Wildman–Crippen LogP) is 6.78. The lowest BCUT2D eigenvalue weighted by Crippen LogP contribution is -2.13. The van der Waals surface area contributed by atoms with Gasteiger partial charge in [0.05, 0.1) is 18.2 Å². The van der Waals surface area contributed by atoms with E-state index in [0.717, 1.165) is 0 Å². The molecular weight excluding hydrogens is 414 g/mol. The van der Waals surface area contributed by atoms with Crippen LogP contribution in [0.2, 0.25) is 0 Å². The summed E-state index contributed by atoms with van der Waals surface area (Å²) in [6.07, 6.45) is -9.84. The second kappa shape index (κ2) is 6.55. The monoisotopic (exact) mass is 426 g/mol. The molecule has 0 heterocycles. The summed E-state index contributed by atoms with van der Waals surface area (Å²) in [4.78, 5) is 0. The van der Waals surface area contributed by atoms with Crippen LogP contribution in [0.15, 0.2) is 28.7 Å². The van der Waals surface area contributed by atoms with Crippen molar-refractivity contribution in [1.29, 1.82) is 0 Å². The number of methoxy groups -OCH3 is 1. The van der Waals surface area contributed by atoms with E-state index >= 15 is 0 Å². The average Bonchev–Trinajstić information content (AvgIpc) is 2.46. The summed E-state index contributed by atoms with van der Waals surface area (Å²) in [7, 11) is 1.38. The van der Waals surface area contributed by atoms with Gasteiger partial charge in [-0.3, -0.25) is 0 Å². The van der Waals surface area contributed by atoms with E-state index in [4.69, 9.17) is 4.74 Å². The second-order valence-corrected chi connectivity index (χ2v) is 6.32. The fourth-order valence-corrected chi connectivity index (χ4v) is 3.35. The zero-order valence-corrected chi connectivity index (χ0v) is 14.9. The Balaban J connectivity index is 2.87. The van der Waals surface area contributed by atoms with E-state index in [2.05, 4.69) is 15.9 Å². The standard InChI is InChI=1S/C17H13BrF6O/c1-8-4-5-11(9(2)15(8)25-3)14-12(17(22,23)24)6-10(7-13(14)18)16(19,20)21/h4-7H,1-3H3. The van der Waals surface area contributed by atoms with Crippen LogP contribution in [0.1, 0.15) is 22.3 Å². The number of rotatable bonds is 2. The lowest BCUT2D eigenvalue weighted by molar-refractivity contribution is -0.142. The molecule has 2 aromatic rings. The van der Waals surface area contributed by atoms with Gasteiger partial charge in [0.1, 0.15) is 5.75 Å². The summed E-state index contributed by atoms with van der Waals surface area (Å²) in [6.45, 7) is 3.29. The van der Waals surface area contributed by atoms with Crippen LogP contribution in [-0.2, 0) is 12.4 Å². The Morgan fingerprint density at radius 1 is 0.920 bits per heavy atom. The van der Waals surface area contributed by atoms with Crippen molar-refractivity contribution in [1.82, 2.24) is 0 Å². The highest BCUT2D eigenvalue weighted by molar-refractivity contribution is 9.10. The van der Waals surface area contributed by atoms with Gasteiger partial charge in [-0.2, -0.15) is 26.3 Å². The van der Waals surface area contributed by atoms with Gasteiger partial charge in [0.25, 0.3) is 0 Å². The van der Waals surface area contributed by atoms with Gasteiger partial charge >= 0.3 is 12.4 Å². The van der Waals surface area contributed by atoms with Gasteiger partial charge in [-0.25, -0.2) is 0 Å². The lowest BCUT2D eigenvalue weighted by Gasteiger charge is -2.20. The fraction of sp³-hybridized carbons (Fsp3) is 0.294. The fourth-order valence-electron chi connectivity index (χ4n) is 2.68. The molecule has 136 valence electrons. The first-order valence-corrected chi connectivity index (χ1v) is 7.79. The van der Waals surface area contributed by atoms with Crippen LogP contribution < -0.4 is 4.74 Å². The maximum atomic E-state index is 13.5. The van der Waals surface area contributed by atoms with Crippen molar-refractivity contribution in [3.8, 4) is 16.9 Å². The minimum absolute atomic E-state index is 0.131. The van der Waals surface area contributed by atoms with Gasteiger partial charge in [0.2, 0.25) is 0 Å². The number of hydrogen-bond acceptors (Lipinski definition) is 1. The molecule has 2 aromatic carbocycles. The van der Waals surface area contributed by atoms with E-state index in [1.807, 2.05) is 0 Å². The lowest BCUT2D eigenvalue weighted by atomic mass is 9.92. The van der Waals surface area contributed by atoms with Gasteiger partial charge in [0, 0.05) is 10.0 Å². The van der Waals surface area contributed by atoms with Crippen LogP contribution in [0.5, 0.6) is 5.75 Å². The van der Waals surface area contributed by atoms with Crippen molar-refractivity contribution < 1.29 is 31.1 Å². The first kappa shape index (κ1) is 19.6. The smallest absolute Gasteiger partial charge is 0.417 e. The van der Waals surface area contributed by atoms with Gasteiger partial charge in [-0.1, -0.05) is 28.1 Å². The van der Waals surface area contributed by atoms with Gasteiger partial charge in [0.15, 0.2) is 0 Å². The first-order valence-electron chi connectivity index (χ1n) is 7.00. The van der Waals surface area contributed by atoms with Gasteiger partial charge < -0.3 is 4.74 Å². The Kier molecular flexibility index (Phi) is 5.14. The van der Waals surface area contributed by atoms with E-state index in [1.165, 1.54) is 13.2 Å². The minimum atomic E-state index is -4.95. The Morgan fingerprint density at radius 3 is 2.00 bits per heavy atom. The minimum Gasteiger partial charge on any atom is -0.496 e. The molecule has 2 rings (SSSR count). The molecule has 8 heteroatoms. The van der Waals surface area contributed by atoms with Crippen molar-refractivity contribution in [2.45, 2.75) is 26.2 Å². The maximum absolute atomic E-state index is 13.5. The van der Waals surface area contributed by atoms with Crippen molar-refractivity contribution in [3.63, 3.8) is 0 Å².